The Kier molecular flexibility index (Phi) is 6.44. The minimum Gasteiger partial charge on any atom is -0.350 e. The molecule has 1 fully saturated rings. The number of nitrogens with zero attached hydrogens (tertiary/aromatic N) is 5. The third-order valence-electron chi connectivity index (χ3n) is 6.07. The number of pyridine rings is 1. The molecule has 0 saturated carbocycles. The summed E-state index contributed by atoms with van der Waals surface area (Å²) in [6.45, 7) is 6.52. The number of fused-ring (bicyclic) bond motifs is 1. The summed E-state index contributed by atoms with van der Waals surface area (Å²) in [5, 5.41) is 2.60. The molecule has 4 heterocycles. The summed E-state index contributed by atoms with van der Waals surface area (Å²) < 4.78 is 0. The van der Waals surface area contributed by atoms with E-state index < -0.39 is 0 Å². The van der Waals surface area contributed by atoms with Gasteiger partial charge < -0.3 is 15.1 Å². The Morgan fingerprint density at radius 1 is 1.19 bits per heavy atom. The molecule has 164 valence electrons. The van der Waals surface area contributed by atoms with Crippen LogP contribution in [-0.4, -0.2) is 57.8 Å². The van der Waals surface area contributed by atoms with Crippen molar-refractivity contribution in [1.29, 1.82) is 0 Å². The number of nitrogens with one attached hydrogen (secondary N) is 1. The van der Waals surface area contributed by atoms with E-state index in [1.54, 1.807) is 0 Å². The Balaban J connectivity index is 1.54. The van der Waals surface area contributed by atoms with Crippen LogP contribution in [0.25, 0.3) is 0 Å². The van der Waals surface area contributed by atoms with Crippen LogP contribution < -0.4 is 10.2 Å². The molecule has 8 nitrogen and oxygen atoms in total. The molecule has 0 bridgehead atoms. The van der Waals surface area contributed by atoms with Crippen LogP contribution in [0.5, 0.6) is 0 Å². The molecular formula is C23H30N6O2. The van der Waals surface area contributed by atoms with Crippen molar-refractivity contribution in [2.75, 3.05) is 31.1 Å². The number of anilines is 1. The number of amides is 2. The maximum absolute atomic E-state index is 12.5. The first-order chi connectivity index (χ1) is 15.0. The van der Waals surface area contributed by atoms with Gasteiger partial charge in [-0.2, -0.15) is 0 Å². The van der Waals surface area contributed by atoms with E-state index in [9.17, 15) is 9.59 Å². The molecule has 2 aromatic heterocycles. The second-order valence-electron chi connectivity index (χ2n) is 8.40. The molecule has 8 heteroatoms. The molecule has 31 heavy (non-hydrogen) atoms. The number of likely N-dealkylation sites (tertiary alicyclic amines) is 1. The van der Waals surface area contributed by atoms with E-state index in [0.717, 1.165) is 61.8 Å². The zero-order chi connectivity index (χ0) is 21.8. The Morgan fingerprint density at radius 2 is 2.06 bits per heavy atom. The Morgan fingerprint density at radius 3 is 2.84 bits per heavy atom. The van der Waals surface area contributed by atoms with Crippen LogP contribution >= 0.6 is 0 Å². The summed E-state index contributed by atoms with van der Waals surface area (Å²) in [6, 6.07) is 5.99. The first-order valence-electron chi connectivity index (χ1n) is 11.1. The van der Waals surface area contributed by atoms with Gasteiger partial charge in [0.25, 0.3) is 0 Å². The normalized spacial score (nSPS) is 18.5. The largest absolute Gasteiger partial charge is 0.350 e. The number of hydrogen-bond donors (Lipinski definition) is 1. The molecule has 2 aromatic rings. The van der Waals surface area contributed by atoms with E-state index in [-0.39, 0.29) is 24.3 Å². The van der Waals surface area contributed by atoms with Crippen molar-refractivity contribution in [3.8, 4) is 0 Å². The lowest BCUT2D eigenvalue weighted by Crippen LogP contribution is -2.44. The average molecular weight is 423 g/mol. The maximum Gasteiger partial charge on any atom is 0.241 e. The van der Waals surface area contributed by atoms with Gasteiger partial charge in [-0.3, -0.25) is 14.6 Å². The van der Waals surface area contributed by atoms with Crippen molar-refractivity contribution in [2.45, 2.75) is 52.0 Å². The molecule has 0 radical (unpaired) electrons. The van der Waals surface area contributed by atoms with Gasteiger partial charge in [-0.05, 0) is 44.7 Å². The standard InChI is InChI=1S/C23H30N6O2/c1-16-20-9-6-12-29(15-19-8-3-4-10-24-19)23(20)27-22(26-16)18-7-5-11-28(14-18)21(31)13-25-17(2)30/h3-4,8,10,18H,5-7,9,11-15H2,1-2H3,(H,25,30)/t18-/m1/s1. The van der Waals surface area contributed by atoms with Gasteiger partial charge in [0.1, 0.15) is 11.6 Å². The maximum atomic E-state index is 12.5. The van der Waals surface area contributed by atoms with Crippen LogP contribution in [0.1, 0.15) is 54.9 Å². The number of carbonyl (C=O) groups excluding carboxylic acids is 2. The summed E-state index contributed by atoms with van der Waals surface area (Å²) >= 11 is 0. The molecule has 2 aliphatic heterocycles. The van der Waals surface area contributed by atoms with Crippen LogP contribution in [0, 0.1) is 6.92 Å². The third-order valence-corrected chi connectivity index (χ3v) is 6.07. The second kappa shape index (κ2) is 9.41. The molecule has 1 atom stereocenters. The average Bonchev–Trinajstić information content (AvgIpc) is 2.78. The van der Waals surface area contributed by atoms with Gasteiger partial charge in [0, 0.05) is 49.9 Å². The summed E-state index contributed by atoms with van der Waals surface area (Å²) in [6.07, 6.45) is 5.77. The molecule has 0 spiro atoms. The van der Waals surface area contributed by atoms with Gasteiger partial charge >= 0.3 is 0 Å². The third kappa shape index (κ3) is 5.00. The molecule has 0 aliphatic carbocycles. The van der Waals surface area contributed by atoms with Crippen LogP contribution in [0.2, 0.25) is 0 Å². The lowest BCUT2D eigenvalue weighted by Gasteiger charge is -2.34. The van der Waals surface area contributed by atoms with Crippen molar-refractivity contribution < 1.29 is 9.59 Å². The lowest BCUT2D eigenvalue weighted by molar-refractivity contribution is -0.133. The fourth-order valence-corrected chi connectivity index (χ4v) is 4.46. The SMILES string of the molecule is CC(=O)NCC(=O)N1CCC[C@@H](c2nc(C)c3c(n2)N(Cc2ccccn2)CCC3)C1. The fourth-order valence-electron chi connectivity index (χ4n) is 4.46. The number of hydrogen-bond acceptors (Lipinski definition) is 6. The Labute approximate surface area is 183 Å². The van der Waals surface area contributed by atoms with Crippen molar-refractivity contribution in [2.24, 2.45) is 0 Å². The topological polar surface area (TPSA) is 91.3 Å². The van der Waals surface area contributed by atoms with E-state index >= 15 is 0 Å². The van der Waals surface area contributed by atoms with Crippen LogP contribution in [0.4, 0.5) is 5.82 Å². The monoisotopic (exact) mass is 422 g/mol. The second-order valence-corrected chi connectivity index (χ2v) is 8.40. The molecule has 2 aliphatic rings. The van der Waals surface area contributed by atoms with E-state index in [1.807, 2.05) is 29.3 Å². The fraction of sp³-hybridized carbons (Fsp3) is 0.522. The highest BCUT2D eigenvalue weighted by Gasteiger charge is 2.29. The number of aryl methyl sites for hydroxylation is 1. The first-order valence-corrected chi connectivity index (χ1v) is 11.1. The van der Waals surface area contributed by atoms with Gasteiger partial charge in [-0.1, -0.05) is 6.07 Å². The minimum atomic E-state index is -0.191. The molecule has 0 aromatic carbocycles. The summed E-state index contributed by atoms with van der Waals surface area (Å²) in [7, 11) is 0. The number of piperidine rings is 1. The molecule has 1 N–H and O–H groups in total. The van der Waals surface area contributed by atoms with Crippen molar-refractivity contribution in [3.63, 3.8) is 0 Å². The van der Waals surface area contributed by atoms with E-state index in [1.165, 1.54) is 12.5 Å². The minimum absolute atomic E-state index is 0.0456. The van der Waals surface area contributed by atoms with Crippen molar-refractivity contribution >= 4 is 17.6 Å². The molecular weight excluding hydrogens is 392 g/mol. The number of carbonyl (C=O) groups is 2. The van der Waals surface area contributed by atoms with Crippen molar-refractivity contribution in [3.05, 3.63) is 47.2 Å². The lowest BCUT2D eigenvalue weighted by atomic mass is 9.96. The predicted octanol–water partition coefficient (Wildman–Crippen LogP) is 1.97. The van der Waals surface area contributed by atoms with Gasteiger partial charge in [0.2, 0.25) is 11.8 Å². The zero-order valence-electron chi connectivity index (χ0n) is 18.3. The van der Waals surface area contributed by atoms with Gasteiger partial charge in [-0.15, -0.1) is 0 Å². The van der Waals surface area contributed by atoms with Crippen molar-refractivity contribution in [1.82, 2.24) is 25.2 Å². The van der Waals surface area contributed by atoms with Gasteiger partial charge in [0.05, 0.1) is 18.8 Å². The zero-order valence-corrected chi connectivity index (χ0v) is 18.3. The Hall–Kier alpha value is -3.03. The molecule has 0 unspecified atom stereocenters. The highest BCUT2D eigenvalue weighted by molar-refractivity contribution is 5.83. The van der Waals surface area contributed by atoms with Crippen LogP contribution in [0.15, 0.2) is 24.4 Å². The highest BCUT2D eigenvalue weighted by atomic mass is 16.2. The molecule has 4 rings (SSSR count). The summed E-state index contributed by atoms with van der Waals surface area (Å²) in [5.41, 5.74) is 3.29. The van der Waals surface area contributed by atoms with Crippen LogP contribution in [-0.2, 0) is 22.6 Å². The quantitative estimate of drug-likeness (QED) is 0.792. The van der Waals surface area contributed by atoms with Gasteiger partial charge in [0.15, 0.2) is 0 Å². The van der Waals surface area contributed by atoms with E-state index in [4.69, 9.17) is 9.97 Å². The molecule has 2 amide bonds. The molecule has 1 saturated heterocycles. The summed E-state index contributed by atoms with van der Waals surface area (Å²) in [4.78, 5) is 42.1. The highest BCUT2D eigenvalue weighted by Crippen LogP contribution is 2.32. The van der Waals surface area contributed by atoms with E-state index in [2.05, 4.69) is 22.1 Å². The Bertz CT molecular complexity index is 949. The van der Waals surface area contributed by atoms with E-state index in [0.29, 0.717) is 13.1 Å². The van der Waals surface area contributed by atoms with Crippen LogP contribution in [0.3, 0.4) is 0 Å². The predicted molar refractivity (Wildman–Crippen MR) is 118 cm³/mol. The first kappa shape index (κ1) is 21.2. The van der Waals surface area contributed by atoms with Gasteiger partial charge in [-0.25, -0.2) is 9.97 Å². The number of aromatic nitrogens is 3. The summed E-state index contributed by atoms with van der Waals surface area (Å²) in [5.74, 6) is 1.70. The smallest absolute Gasteiger partial charge is 0.241 e. The number of rotatable bonds is 5.